The molecule has 5 aromatic rings. The minimum atomic E-state index is -0.508. The van der Waals surface area contributed by atoms with Gasteiger partial charge in [0.25, 0.3) is 5.69 Å². The van der Waals surface area contributed by atoms with Crippen LogP contribution in [0.15, 0.2) is 85.9 Å². The van der Waals surface area contributed by atoms with Crippen LogP contribution in [0.25, 0.3) is 39.6 Å². The number of rotatable bonds is 5. The van der Waals surface area contributed by atoms with E-state index in [1.165, 1.54) is 23.5 Å². The van der Waals surface area contributed by atoms with Gasteiger partial charge in [-0.1, -0.05) is 15.9 Å². The summed E-state index contributed by atoms with van der Waals surface area (Å²) in [4.78, 5) is 27.6. The third-order valence-electron chi connectivity index (χ3n) is 5.24. The van der Waals surface area contributed by atoms with Crippen LogP contribution in [-0.2, 0) is 0 Å². The van der Waals surface area contributed by atoms with Crippen molar-refractivity contribution in [3.8, 4) is 23.0 Å². The Morgan fingerprint density at radius 2 is 2.00 bits per heavy atom. The zero-order valence-corrected chi connectivity index (χ0v) is 20.1. The molecule has 0 N–H and O–H groups in total. The number of nitrogens with zero attached hydrogens (tertiary/aromatic N) is 4. The van der Waals surface area contributed by atoms with Gasteiger partial charge in [0.1, 0.15) is 16.7 Å². The highest BCUT2D eigenvalue weighted by Crippen LogP contribution is 2.29. The topological polar surface area (TPSA) is 115 Å². The zero-order chi connectivity index (χ0) is 24.5. The van der Waals surface area contributed by atoms with Gasteiger partial charge in [0, 0.05) is 44.9 Å². The quantitative estimate of drug-likeness (QED) is 0.109. The Kier molecular flexibility index (Phi) is 5.86. The molecule has 2 aromatic carbocycles. The molecule has 0 bridgehead atoms. The highest BCUT2D eigenvalue weighted by Gasteiger charge is 2.15. The molecule has 0 saturated heterocycles. The maximum atomic E-state index is 12.6. The van der Waals surface area contributed by atoms with E-state index in [1.54, 1.807) is 48.0 Å². The van der Waals surface area contributed by atoms with Crippen LogP contribution < -0.4 is 5.63 Å². The van der Waals surface area contributed by atoms with Crippen molar-refractivity contribution in [3.05, 3.63) is 108 Å². The maximum absolute atomic E-state index is 12.6. The zero-order valence-electron chi connectivity index (χ0n) is 17.7. The van der Waals surface area contributed by atoms with Crippen LogP contribution in [0.1, 0.15) is 10.7 Å². The number of nitro groups is 1. The molecule has 3 heterocycles. The second-order valence-corrected chi connectivity index (χ2v) is 9.19. The molecule has 10 heteroatoms. The Labute approximate surface area is 210 Å². The second-order valence-electron chi connectivity index (χ2n) is 7.41. The lowest BCUT2D eigenvalue weighted by Gasteiger charge is -2.06. The smallest absolute Gasteiger partial charge is 0.345 e. The van der Waals surface area contributed by atoms with E-state index in [9.17, 15) is 20.2 Å². The van der Waals surface area contributed by atoms with E-state index in [0.717, 1.165) is 9.86 Å². The maximum Gasteiger partial charge on any atom is 0.345 e. The van der Waals surface area contributed by atoms with Gasteiger partial charge < -0.3 is 8.98 Å². The number of hydrogen-bond donors (Lipinski definition) is 0. The van der Waals surface area contributed by atoms with Gasteiger partial charge in [0.2, 0.25) is 0 Å². The molecule has 8 nitrogen and oxygen atoms in total. The summed E-state index contributed by atoms with van der Waals surface area (Å²) in [5, 5.41) is 23.7. The van der Waals surface area contributed by atoms with Crippen molar-refractivity contribution in [2.24, 2.45) is 0 Å². The van der Waals surface area contributed by atoms with Crippen LogP contribution in [0.2, 0.25) is 0 Å². The number of non-ortho nitro benzene ring substituents is 1. The van der Waals surface area contributed by atoms with Gasteiger partial charge in [-0.05, 0) is 54.6 Å². The van der Waals surface area contributed by atoms with Gasteiger partial charge in [-0.2, -0.15) is 5.26 Å². The number of benzene rings is 2. The summed E-state index contributed by atoms with van der Waals surface area (Å²) in [6.07, 6.45) is 3.48. The number of allylic oxidation sites excluding steroid dienone is 1. The lowest BCUT2D eigenvalue weighted by Crippen LogP contribution is -2.03. The minimum absolute atomic E-state index is 0.00319. The molecule has 0 aliphatic heterocycles. The Balaban J connectivity index is 1.51. The Morgan fingerprint density at radius 1 is 1.20 bits per heavy atom. The number of fused-ring (bicyclic) bond motifs is 1. The second kappa shape index (κ2) is 9.13. The molecule has 0 atom stereocenters. The van der Waals surface area contributed by atoms with Crippen LogP contribution in [0.4, 0.5) is 5.69 Å². The van der Waals surface area contributed by atoms with E-state index in [1.807, 2.05) is 22.8 Å². The van der Waals surface area contributed by atoms with Crippen molar-refractivity contribution in [1.29, 1.82) is 5.26 Å². The lowest BCUT2D eigenvalue weighted by atomic mass is 10.1. The molecule has 5 rings (SSSR count). The number of thiazole rings is 1. The third kappa shape index (κ3) is 4.42. The van der Waals surface area contributed by atoms with Crippen LogP contribution in [0, 0.1) is 21.4 Å². The summed E-state index contributed by atoms with van der Waals surface area (Å²) in [6, 6.07) is 19.0. The summed E-state index contributed by atoms with van der Waals surface area (Å²) in [5.41, 5.74) is 2.42. The van der Waals surface area contributed by atoms with Gasteiger partial charge in [0.05, 0.1) is 21.8 Å². The predicted octanol–water partition coefficient (Wildman–Crippen LogP) is 6.44. The van der Waals surface area contributed by atoms with Gasteiger partial charge in [0.15, 0.2) is 0 Å². The highest BCUT2D eigenvalue weighted by atomic mass is 79.9. The van der Waals surface area contributed by atoms with Crippen molar-refractivity contribution in [2.45, 2.75) is 0 Å². The van der Waals surface area contributed by atoms with E-state index >= 15 is 0 Å². The first-order valence-corrected chi connectivity index (χ1v) is 11.8. The van der Waals surface area contributed by atoms with Crippen molar-refractivity contribution in [1.82, 2.24) is 9.55 Å². The molecular weight excluding hydrogens is 532 g/mol. The molecule has 0 spiro atoms. The van der Waals surface area contributed by atoms with E-state index in [2.05, 4.69) is 27.0 Å². The first-order chi connectivity index (χ1) is 16.9. The monoisotopic (exact) mass is 544 g/mol. The van der Waals surface area contributed by atoms with Crippen molar-refractivity contribution in [3.63, 3.8) is 0 Å². The minimum Gasteiger partial charge on any atom is -0.422 e. The fourth-order valence-corrected chi connectivity index (χ4v) is 4.73. The molecule has 0 unspecified atom stereocenters. The van der Waals surface area contributed by atoms with Crippen molar-refractivity contribution < 1.29 is 9.34 Å². The van der Waals surface area contributed by atoms with Crippen LogP contribution in [-0.4, -0.2) is 14.5 Å². The Morgan fingerprint density at radius 3 is 2.74 bits per heavy atom. The van der Waals surface area contributed by atoms with Gasteiger partial charge in [-0.15, -0.1) is 11.3 Å². The molecule has 0 aliphatic carbocycles. The molecule has 3 aromatic heterocycles. The predicted molar refractivity (Wildman–Crippen MR) is 137 cm³/mol. The number of aromatic nitrogens is 2. The number of nitro benzene ring substituents is 1. The molecule has 170 valence electrons. The van der Waals surface area contributed by atoms with E-state index < -0.39 is 10.5 Å². The Bertz CT molecular complexity index is 1730. The average Bonchev–Trinajstić information content (AvgIpc) is 3.52. The van der Waals surface area contributed by atoms with Crippen molar-refractivity contribution >= 4 is 55.6 Å². The molecular formula is C25H13BrN4O4S. The largest absolute Gasteiger partial charge is 0.422 e. The third-order valence-corrected chi connectivity index (χ3v) is 6.61. The normalized spacial score (nSPS) is 11.5. The summed E-state index contributed by atoms with van der Waals surface area (Å²) in [7, 11) is 0. The Hall–Kier alpha value is -4.33. The van der Waals surface area contributed by atoms with Crippen LogP contribution in [0.5, 0.6) is 0 Å². The number of hydrogen-bond acceptors (Lipinski definition) is 7. The average molecular weight is 545 g/mol. The number of halogens is 1. The summed E-state index contributed by atoms with van der Waals surface area (Å²) in [6.45, 7) is 0. The SMILES string of the molecule is N#CC(=Cc1cccn1-c1ccc([N+](=O)[O-])cc1)c1nc(-c2cc3cc(Br)ccc3oc2=O)cs1. The molecule has 0 aliphatic rings. The van der Waals surface area contributed by atoms with E-state index in [4.69, 9.17) is 4.42 Å². The van der Waals surface area contributed by atoms with Crippen LogP contribution >= 0.6 is 27.3 Å². The van der Waals surface area contributed by atoms with Crippen molar-refractivity contribution in [2.75, 3.05) is 0 Å². The fraction of sp³-hybridized carbons (Fsp3) is 0. The van der Waals surface area contributed by atoms with Gasteiger partial charge in [-0.3, -0.25) is 10.1 Å². The molecule has 0 fully saturated rings. The molecule has 0 radical (unpaired) electrons. The summed E-state index contributed by atoms with van der Waals surface area (Å²) in [5.74, 6) is 0. The fourth-order valence-electron chi connectivity index (χ4n) is 3.57. The molecule has 0 saturated carbocycles. The first-order valence-electron chi connectivity index (χ1n) is 10.2. The molecule has 35 heavy (non-hydrogen) atoms. The van der Waals surface area contributed by atoms with E-state index in [-0.39, 0.29) is 5.69 Å². The number of nitriles is 1. The van der Waals surface area contributed by atoms with Gasteiger partial charge >= 0.3 is 5.63 Å². The summed E-state index contributed by atoms with van der Waals surface area (Å²) >= 11 is 4.66. The van der Waals surface area contributed by atoms with Gasteiger partial charge in [-0.25, -0.2) is 9.78 Å². The first kappa shape index (κ1) is 22.5. The highest BCUT2D eigenvalue weighted by molar-refractivity contribution is 9.10. The lowest BCUT2D eigenvalue weighted by molar-refractivity contribution is -0.384. The van der Waals surface area contributed by atoms with E-state index in [0.29, 0.717) is 38.8 Å². The molecule has 0 amide bonds. The summed E-state index contributed by atoms with van der Waals surface area (Å²) < 4.78 is 8.10. The standard InChI is InChI=1S/C25H13BrN4O4S/c26-17-3-8-23-15(10-17)12-21(25(31)34-23)22-14-35-24(28-22)16(13-27)11-20-2-1-9-29(20)18-4-6-19(7-5-18)30(32)33/h1-12,14H. The van der Waals surface area contributed by atoms with Crippen LogP contribution in [0.3, 0.4) is 0 Å².